The Kier molecular flexibility index (Phi) is 2.86. The quantitative estimate of drug-likeness (QED) is 0.612. The van der Waals surface area contributed by atoms with Crippen molar-refractivity contribution in [1.82, 2.24) is 14.4 Å². The molecule has 0 aliphatic heterocycles. The molecule has 4 heteroatoms. The molecule has 0 aliphatic carbocycles. The molecule has 1 aromatic carbocycles. The predicted octanol–water partition coefficient (Wildman–Crippen LogP) is 3.65. The summed E-state index contributed by atoms with van der Waals surface area (Å²) in [4.78, 5) is 8.89. The number of nitrogens with zero attached hydrogens (tertiary/aromatic N) is 3. The van der Waals surface area contributed by atoms with Crippen molar-refractivity contribution in [3.63, 3.8) is 0 Å². The van der Waals surface area contributed by atoms with Gasteiger partial charge < -0.3 is 5.73 Å². The second-order valence-electron chi connectivity index (χ2n) is 5.13. The summed E-state index contributed by atoms with van der Waals surface area (Å²) in [5, 5.41) is 0. The van der Waals surface area contributed by atoms with E-state index in [4.69, 9.17) is 5.73 Å². The Bertz CT molecular complexity index is 942. The first-order valence-electron chi connectivity index (χ1n) is 7.06. The molecule has 22 heavy (non-hydrogen) atoms. The topological polar surface area (TPSA) is 56.2 Å². The molecule has 4 nitrogen and oxygen atoms in total. The Balaban J connectivity index is 1.87. The average molecular weight is 286 g/mol. The summed E-state index contributed by atoms with van der Waals surface area (Å²) in [7, 11) is 0. The third-order valence-corrected chi connectivity index (χ3v) is 3.65. The molecule has 0 amide bonds. The van der Waals surface area contributed by atoms with E-state index in [1.165, 1.54) is 0 Å². The van der Waals surface area contributed by atoms with Gasteiger partial charge in [0.2, 0.25) is 0 Å². The van der Waals surface area contributed by atoms with E-state index in [0.29, 0.717) is 5.69 Å². The van der Waals surface area contributed by atoms with Gasteiger partial charge in [-0.3, -0.25) is 9.38 Å². The maximum absolute atomic E-state index is 5.89. The van der Waals surface area contributed by atoms with Gasteiger partial charge in [-0.15, -0.1) is 0 Å². The van der Waals surface area contributed by atoms with E-state index in [0.717, 1.165) is 28.2 Å². The van der Waals surface area contributed by atoms with Crippen molar-refractivity contribution in [2.75, 3.05) is 5.73 Å². The fraction of sp³-hybridized carbons (Fsp3) is 0. The summed E-state index contributed by atoms with van der Waals surface area (Å²) in [5.41, 5.74) is 11.6. The van der Waals surface area contributed by atoms with Crippen LogP contribution in [-0.2, 0) is 0 Å². The maximum atomic E-state index is 5.89. The third kappa shape index (κ3) is 2.11. The summed E-state index contributed by atoms with van der Waals surface area (Å²) >= 11 is 0. The minimum atomic E-state index is 0.712. The number of imidazole rings is 1. The van der Waals surface area contributed by atoms with E-state index in [2.05, 4.69) is 28.2 Å². The highest BCUT2D eigenvalue weighted by Gasteiger charge is 2.08. The maximum Gasteiger partial charge on any atom is 0.137 e. The number of aromatic nitrogens is 3. The van der Waals surface area contributed by atoms with Crippen LogP contribution in [0, 0.1) is 0 Å². The van der Waals surface area contributed by atoms with Crippen LogP contribution in [0.1, 0.15) is 0 Å². The molecule has 2 N–H and O–H groups in total. The lowest BCUT2D eigenvalue weighted by Crippen LogP contribution is -1.93. The first-order valence-corrected chi connectivity index (χ1v) is 7.06. The summed E-state index contributed by atoms with van der Waals surface area (Å²) in [6.07, 6.45) is 5.57. The fourth-order valence-corrected chi connectivity index (χ4v) is 2.57. The molecule has 0 aliphatic rings. The Morgan fingerprint density at radius 3 is 2.59 bits per heavy atom. The minimum absolute atomic E-state index is 0.712. The van der Waals surface area contributed by atoms with E-state index in [-0.39, 0.29) is 0 Å². The number of fused-ring (bicyclic) bond motifs is 1. The van der Waals surface area contributed by atoms with Gasteiger partial charge in [0, 0.05) is 29.2 Å². The molecule has 0 saturated heterocycles. The Morgan fingerprint density at radius 2 is 1.73 bits per heavy atom. The Morgan fingerprint density at radius 1 is 0.864 bits per heavy atom. The van der Waals surface area contributed by atoms with Crippen LogP contribution in [0.25, 0.3) is 28.2 Å². The normalized spacial score (nSPS) is 10.9. The van der Waals surface area contributed by atoms with Gasteiger partial charge in [0.05, 0.1) is 17.6 Å². The molecule has 0 unspecified atom stereocenters. The van der Waals surface area contributed by atoms with Crippen LogP contribution in [0.4, 0.5) is 5.69 Å². The van der Waals surface area contributed by atoms with Crippen molar-refractivity contribution in [2.45, 2.75) is 0 Å². The molecule has 3 heterocycles. The highest BCUT2D eigenvalue weighted by molar-refractivity contribution is 5.70. The molecule has 3 aromatic heterocycles. The van der Waals surface area contributed by atoms with E-state index in [1.807, 2.05) is 59.4 Å². The highest BCUT2D eigenvalue weighted by Crippen LogP contribution is 2.25. The molecule has 0 fully saturated rings. The number of anilines is 1. The number of benzene rings is 1. The SMILES string of the molecule is Nc1ccc2ncc(-c3ccnc(-c4ccccc4)c3)n2c1. The number of nitrogens with two attached hydrogens (primary N) is 1. The zero-order valence-electron chi connectivity index (χ0n) is 11.8. The van der Waals surface area contributed by atoms with Gasteiger partial charge in [-0.2, -0.15) is 0 Å². The fourth-order valence-electron chi connectivity index (χ4n) is 2.57. The molecule has 4 rings (SSSR count). The first kappa shape index (κ1) is 12.6. The third-order valence-electron chi connectivity index (χ3n) is 3.65. The average Bonchev–Trinajstić information content (AvgIpc) is 2.99. The number of hydrogen-bond donors (Lipinski definition) is 1. The standard InChI is InChI=1S/C18H14N4/c19-15-6-7-18-21-11-17(22(18)12-15)14-8-9-20-16(10-14)13-4-2-1-3-5-13/h1-12H,19H2. The van der Waals surface area contributed by atoms with Crippen molar-refractivity contribution >= 4 is 11.3 Å². The van der Waals surface area contributed by atoms with Crippen LogP contribution < -0.4 is 5.73 Å². The first-order chi connectivity index (χ1) is 10.8. The molecule has 106 valence electrons. The van der Waals surface area contributed by atoms with Crippen molar-refractivity contribution in [3.05, 3.63) is 73.2 Å². The number of rotatable bonds is 2. The Hall–Kier alpha value is -3.14. The van der Waals surface area contributed by atoms with Gasteiger partial charge in [-0.25, -0.2) is 4.98 Å². The number of nitrogen functional groups attached to an aromatic ring is 1. The van der Waals surface area contributed by atoms with Crippen molar-refractivity contribution < 1.29 is 0 Å². The highest BCUT2D eigenvalue weighted by atomic mass is 15.0. The van der Waals surface area contributed by atoms with Crippen LogP contribution in [0.3, 0.4) is 0 Å². The number of pyridine rings is 2. The summed E-state index contributed by atoms with van der Waals surface area (Å²) in [6.45, 7) is 0. The molecular formula is C18H14N4. The molecule has 0 saturated carbocycles. The lowest BCUT2D eigenvalue weighted by atomic mass is 10.1. The van der Waals surface area contributed by atoms with Crippen LogP contribution in [0.15, 0.2) is 73.2 Å². The van der Waals surface area contributed by atoms with Gasteiger partial charge in [0.25, 0.3) is 0 Å². The number of hydrogen-bond acceptors (Lipinski definition) is 3. The van der Waals surface area contributed by atoms with Crippen LogP contribution >= 0.6 is 0 Å². The van der Waals surface area contributed by atoms with Crippen molar-refractivity contribution in [2.24, 2.45) is 0 Å². The summed E-state index contributed by atoms with van der Waals surface area (Å²) in [5.74, 6) is 0. The second-order valence-corrected chi connectivity index (χ2v) is 5.13. The molecule has 4 aromatic rings. The van der Waals surface area contributed by atoms with Crippen LogP contribution in [-0.4, -0.2) is 14.4 Å². The van der Waals surface area contributed by atoms with E-state index < -0.39 is 0 Å². The molecule has 0 atom stereocenters. The van der Waals surface area contributed by atoms with Gasteiger partial charge >= 0.3 is 0 Å². The van der Waals surface area contributed by atoms with Gasteiger partial charge in [0.15, 0.2) is 0 Å². The summed E-state index contributed by atoms with van der Waals surface area (Å²) < 4.78 is 2.00. The second kappa shape index (κ2) is 5.00. The van der Waals surface area contributed by atoms with Gasteiger partial charge in [-0.05, 0) is 24.3 Å². The van der Waals surface area contributed by atoms with Crippen molar-refractivity contribution in [1.29, 1.82) is 0 Å². The molecule has 0 radical (unpaired) electrons. The van der Waals surface area contributed by atoms with E-state index in [9.17, 15) is 0 Å². The molecule has 0 bridgehead atoms. The Labute approximate surface area is 127 Å². The largest absolute Gasteiger partial charge is 0.398 e. The zero-order chi connectivity index (χ0) is 14.9. The van der Waals surface area contributed by atoms with Crippen molar-refractivity contribution in [3.8, 4) is 22.5 Å². The lowest BCUT2D eigenvalue weighted by Gasteiger charge is -2.05. The molecule has 0 spiro atoms. The van der Waals surface area contributed by atoms with Gasteiger partial charge in [-0.1, -0.05) is 30.3 Å². The van der Waals surface area contributed by atoms with Crippen LogP contribution in [0.5, 0.6) is 0 Å². The smallest absolute Gasteiger partial charge is 0.137 e. The molecular weight excluding hydrogens is 272 g/mol. The minimum Gasteiger partial charge on any atom is -0.398 e. The van der Waals surface area contributed by atoms with Gasteiger partial charge in [0.1, 0.15) is 5.65 Å². The lowest BCUT2D eigenvalue weighted by molar-refractivity contribution is 1.19. The summed E-state index contributed by atoms with van der Waals surface area (Å²) in [6, 6.07) is 18.0. The van der Waals surface area contributed by atoms with E-state index in [1.54, 1.807) is 0 Å². The van der Waals surface area contributed by atoms with Crippen LogP contribution in [0.2, 0.25) is 0 Å². The predicted molar refractivity (Wildman–Crippen MR) is 88.3 cm³/mol. The van der Waals surface area contributed by atoms with E-state index >= 15 is 0 Å². The zero-order valence-corrected chi connectivity index (χ0v) is 11.8. The monoisotopic (exact) mass is 286 g/mol.